The quantitative estimate of drug-likeness (QED) is 0.0402. The van der Waals surface area contributed by atoms with Gasteiger partial charge in [0.1, 0.15) is 29.8 Å². The van der Waals surface area contributed by atoms with E-state index in [0.717, 1.165) is 5.57 Å². The third kappa shape index (κ3) is 14.0. The van der Waals surface area contributed by atoms with Gasteiger partial charge in [0.25, 0.3) is 0 Å². The van der Waals surface area contributed by atoms with Gasteiger partial charge in [-0.25, -0.2) is 9.59 Å². The molecular weight excluding hydrogens is 1180 g/mol. The number of rotatable bonds is 13. The molecule has 508 valence electrons. The largest absolute Gasteiger partial charge is 0.511 e. The van der Waals surface area contributed by atoms with Gasteiger partial charge in [0.05, 0.1) is 86.2 Å². The van der Waals surface area contributed by atoms with Crippen LogP contribution in [0.5, 0.6) is 0 Å². The van der Waals surface area contributed by atoms with Crippen LogP contribution in [-0.2, 0) is 80.8 Å². The minimum Gasteiger partial charge on any atom is -0.511 e. The van der Waals surface area contributed by atoms with Gasteiger partial charge < -0.3 is 93.1 Å². The Balaban J connectivity index is 0.896. The second-order valence-electron chi connectivity index (χ2n) is 28.1. The first-order chi connectivity index (χ1) is 43.0. The van der Waals surface area contributed by atoms with E-state index in [1.165, 1.54) is 20.1 Å². The summed E-state index contributed by atoms with van der Waals surface area (Å²) in [5.74, 6) is -5.95. The number of fused-ring (bicyclic) bond motifs is 4. The highest BCUT2D eigenvalue weighted by Crippen LogP contribution is 2.61. The summed E-state index contributed by atoms with van der Waals surface area (Å²) < 4.78 is 82.0. The van der Waals surface area contributed by atoms with Crippen LogP contribution in [0.15, 0.2) is 58.4 Å². The number of aliphatic hydroxyl groups excluding tert-OH is 4. The van der Waals surface area contributed by atoms with Gasteiger partial charge >= 0.3 is 18.0 Å². The van der Waals surface area contributed by atoms with Crippen molar-refractivity contribution in [3.63, 3.8) is 0 Å². The number of esters is 2. The number of nitrogens with one attached hydrogen (secondary N) is 1. The number of methoxy groups -OCH3 is 1. The topological polar surface area (TPSA) is 324 Å². The molecular formula is C67H98N2O22. The van der Waals surface area contributed by atoms with E-state index in [-0.39, 0.29) is 49.5 Å². The van der Waals surface area contributed by atoms with Crippen molar-refractivity contribution in [1.29, 1.82) is 0 Å². The molecule has 24 nitrogen and oxygen atoms in total. The van der Waals surface area contributed by atoms with Crippen molar-refractivity contribution in [3.8, 4) is 0 Å². The minimum absolute atomic E-state index is 0.0473. The Morgan fingerprint density at radius 1 is 0.703 bits per heavy atom. The first kappa shape index (κ1) is 69.3. The van der Waals surface area contributed by atoms with Crippen molar-refractivity contribution in [1.82, 2.24) is 5.32 Å². The van der Waals surface area contributed by atoms with Crippen molar-refractivity contribution >= 4 is 30.1 Å². The molecule has 11 unspecified atom stereocenters. The van der Waals surface area contributed by atoms with E-state index in [2.05, 4.69) is 25.2 Å². The molecule has 4 aliphatic carbocycles. The summed E-state index contributed by atoms with van der Waals surface area (Å²) in [6.45, 7) is 22.0. The molecule has 0 aromatic heterocycles. The molecule has 6 heterocycles. The zero-order valence-electron chi connectivity index (χ0n) is 54.8. The fourth-order valence-electron chi connectivity index (χ4n) is 16.8. The van der Waals surface area contributed by atoms with E-state index >= 15 is 4.79 Å². The number of nitrogens with two attached hydrogens (primary N) is 1. The average molecular weight is 1280 g/mol. The molecule has 1 saturated carbocycles. The Bertz CT molecular complexity index is 2840. The fourth-order valence-corrected chi connectivity index (χ4v) is 16.8. The number of amides is 1. The summed E-state index contributed by atoms with van der Waals surface area (Å²) in [7, 11) is 1.26. The van der Waals surface area contributed by atoms with Crippen molar-refractivity contribution in [2.45, 2.75) is 281 Å². The molecule has 0 aromatic carbocycles. The Morgan fingerprint density at radius 3 is 2.00 bits per heavy atom. The normalized spacial score (nSPS) is 49.0. The third-order valence-electron chi connectivity index (χ3n) is 21.4. The number of aliphatic hydroxyl groups is 4. The average Bonchev–Trinajstić information content (AvgIpc) is 1.66. The second-order valence-corrected chi connectivity index (χ2v) is 28.1. The highest BCUT2D eigenvalue weighted by molar-refractivity contribution is 6.26. The van der Waals surface area contributed by atoms with E-state index in [4.69, 9.17) is 67.3 Å². The molecule has 24 heteroatoms. The highest BCUT2D eigenvalue weighted by atomic mass is 16.8. The molecule has 0 aromatic rings. The minimum atomic E-state index is -2.13. The smallest absolute Gasteiger partial charge is 0.407 e. The maximum absolute atomic E-state index is 15.6. The van der Waals surface area contributed by atoms with E-state index in [9.17, 15) is 39.6 Å². The maximum atomic E-state index is 15.6. The monoisotopic (exact) mass is 1280 g/mol. The van der Waals surface area contributed by atoms with Crippen LogP contribution in [0.25, 0.3) is 0 Å². The summed E-state index contributed by atoms with van der Waals surface area (Å²) in [5, 5.41) is 49.3. The lowest BCUT2D eigenvalue weighted by molar-refractivity contribution is -0.331. The molecule has 29 atom stereocenters. The Morgan fingerprint density at radius 2 is 1.34 bits per heavy atom. The van der Waals surface area contributed by atoms with Crippen molar-refractivity contribution in [2.24, 2.45) is 46.7 Å². The van der Waals surface area contributed by atoms with E-state index in [0.29, 0.717) is 44.0 Å². The van der Waals surface area contributed by atoms with Gasteiger partial charge in [-0.2, -0.15) is 0 Å². The van der Waals surface area contributed by atoms with Crippen LogP contribution in [0.1, 0.15) is 147 Å². The number of hydrogen-bond acceptors (Lipinski definition) is 23. The molecule has 0 radical (unpaired) electrons. The summed E-state index contributed by atoms with van der Waals surface area (Å²) >= 11 is 0. The second kappa shape index (κ2) is 27.7. The lowest BCUT2D eigenvalue weighted by Crippen LogP contribution is -2.66. The number of ketones is 1. The first-order valence-electron chi connectivity index (χ1n) is 32.8. The van der Waals surface area contributed by atoms with Crippen LogP contribution < -0.4 is 11.1 Å². The molecule has 7 N–H and O–H groups in total. The lowest BCUT2D eigenvalue weighted by atomic mass is 9.49. The molecule has 6 aliphatic heterocycles. The zero-order valence-corrected chi connectivity index (χ0v) is 54.8. The number of Topliss-reactive ketones (excluding diaryl/α,β-unsaturated/α-hetero) is 1. The molecule has 7 fully saturated rings. The van der Waals surface area contributed by atoms with Crippen LogP contribution in [0.4, 0.5) is 4.79 Å². The van der Waals surface area contributed by atoms with Crippen LogP contribution in [0, 0.1) is 40.9 Å². The number of carbonyl (C=O) groups excluding carboxylic acids is 5. The van der Waals surface area contributed by atoms with Crippen molar-refractivity contribution in [2.75, 3.05) is 7.11 Å². The molecule has 1 spiro atoms. The van der Waals surface area contributed by atoms with Gasteiger partial charge in [-0.1, -0.05) is 50.6 Å². The lowest BCUT2D eigenvalue weighted by Gasteiger charge is -2.56. The van der Waals surface area contributed by atoms with Crippen LogP contribution >= 0.6 is 0 Å². The van der Waals surface area contributed by atoms with Crippen LogP contribution in [0.3, 0.4) is 0 Å². The molecule has 10 rings (SSSR count). The number of allylic oxidation sites excluding steroid dienone is 3. The standard InChI is InChI=1S/C67H98N2O22/c1-30-14-18-47(86-54-28-65(11,68)60(38(9)84-54)69-64(78)79-13)31(2)23-43-45(73)24-40(29-70)27-67(43)62(76)55(63(77)91-67)61(75)66(12)42(30)16-15-41-56(66)32(3)22-33(4)57(41)90-53-26-49(59(37(8)83-53)85-39(10)71)88-50-21-19-48(35(6)81-50)87-52-25-46(74)58(36(7)82-52)89-51-20-17-44(72)34(5)80-51/h14-16,23-24,29,32-38,41-54,56-60,72-75H,17-22,25-28,68H2,1-13H3,(H,69,78)/b30-14+,31-23+,61-55-/t32?,33?,34-,35-,36-,37-,38+,41?,42?,43?,44+,45?,46+,47?,48+,49+,50+,51-,52-,53-,54-,56?,57?,58-,59-,60-,65-,66?,67?/m0/s1. The van der Waals surface area contributed by atoms with Gasteiger partial charge in [-0.05, 0) is 116 Å². The number of carbonyl (C=O) groups is 5. The summed E-state index contributed by atoms with van der Waals surface area (Å²) in [6.07, 6.45) is -1.65. The number of aldehydes is 1. The van der Waals surface area contributed by atoms with Crippen molar-refractivity contribution in [3.05, 3.63) is 58.4 Å². The Labute approximate surface area is 533 Å². The zero-order chi connectivity index (χ0) is 65.9. The van der Waals surface area contributed by atoms with Gasteiger partial charge in [-0.15, -0.1) is 0 Å². The molecule has 91 heavy (non-hydrogen) atoms. The predicted octanol–water partition coefficient (Wildman–Crippen LogP) is 6.04. The number of ether oxygens (including phenoxy) is 13. The Hall–Kier alpha value is -4.51. The maximum Gasteiger partial charge on any atom is 0.407 e. The summed E-state index contributed by atoms with van der Waals surface area (Å²) in [6, 6.07) is -0.638. The van der Waals surface area contributed by atoms with Crippen molar-refractivity contribution < 1.29 is 106 Å². The van der Waals surface area contributed by atoms with Gasteiger partial charge in [0, 0.05) is 68.2 Å². The third-order valence-corrected chi connectivity index (χ3v) is 21.4. The Kier molecular flexibility index (Phi) is 21.1. The van der Waals surface area contributed by atoms with Crippen LogP contribution in [-0.4, -0.2) is 192 Å². The summed E-state index contributed by atoms with van der Waals surface area (Å²) in [4.78, 5) is 67.9. The first-order valence-corrected chi connectivity index (χ1v) is 32.8. The molecule has 6 saturated heterocycles. The summed E-state index contributed by atoms with van der Waals surface area (Å²) in [5.41, 5.74) is 3.19. The highest BCUT2D eigenvalue weighted by Gasteiger charge is 2.65. The molecule has 1 amide bonds. The molecule has 10 aliphatic rings. The van der Waals surface area contributed by atoms with Gasteiger partial charge in [0.15, 0.2) is 43.2 Å². The van der Waals surface area contributed by atoms with Gasteiger partial charge in [0.2, 0.25) is 5.78 Å². The fraction of sp³-hybridized carbons (Fsp3) is 0.776. The van der Waals surface area contributed by atoms with E-state index in [1.54, 1.807) is 40.7 Å². The van der Waals surface area contributed by atoms with Gasteiger partial charge in [-0.3, -0.25) is 14.4 Å². The van der Waals surface area contributed by atoms with E-state index in [1.807, 2.05) is 39.8 Å². The van der Waals surface area contributed by atoms with E-state index < -0.39 is 198 Å². The molecule has 2 bridgehead atoms. The predicted molar refractivity (Wildman–Crippen MR) is 322 cm³/mol. The number of hydrogen-bond donors (Lipinski definition) is 6. The number of alkyl carbamates (subject to hydrolysis) is 1. The van der Waals surface area contributed by atoms with Crippen LogP contribution in [0.2, 0.25) is 0 Å². The SMILES string of the molecule is COC(=O)N[C@H]1[C@@H](C)O[C@@H](OC2C/C=C(\C)C3C=CC4C(O[C@H]5C[C@@H](O[C@@H]6CC[C@@H](O[C@H]7C[C@@H](O)[C@@H](O[C@H]8CC[C@@H](O)[C@H](C)O8)[C@H](C)O7)[C@H](C)O6)[C@@H](OC(C)=O)[C@H](C)O5)C(C)CC(C)C4C3(C)/C(O)=C3/C(=O)OC4(CC(C=O)=CC(O)C4/C=C/2C)C3=O)C[C@]1(C)N.